The number of aromatic nitrogens is 4. The Balaban J connectivity index is 1.13. The maximum atomic E-state index is 11.6. The van der Waals surface area contributed by atoms with E-state index in [0.29, 0.717) is 48.2 Å². The van der Waals surface area contributed by atoms with Crippen molar-refractivity contribution >= 4 is 45.5 Å². The van der Waals surface area contributed by atoms with Gasteiger partial charge in [0.15, 0.2) is 11.5 Å². The van der Waals surface area contributed by atoms with E-state index in [-0.39, 0.29) is 11.7 Å². The molecule has 0 bridgehead atoms. The van der Waals surface area contributed by atoms with Crippen molar-refractivity contribution in [3.63, 3.8) is 0 Å². The van der Waals surface area contributed by atoms with Gasteiger partial charge >= 0.3 is 5.97 Å². The fourth-order valence-electron chi connectivity index (χ4n) is 5.38. The number of carboxylic acid groups (broad SMARTS) is 1. The Morgan fingerprint density at radius 3 is 2.83 bits per heavy atom. The maximum Gasteiger partial charge on any atom is 0.335 e. The predicted octanol–water partition coefficient (Wildman–Crippen LogP) is 6.35. The summed E-state index contributed by atoms with van der Waals surface area (Å²) in [4.78, 5) is 26.2. The molecular formula is C31H25ClN4O5S. The zero-order valence-electron chi connectivity index (χ0n) is 22.5. The first-order chi connectivity index (χ1) is 20.4. The van der Waals surface area contributed by atoms with Crippen molar-refractivity contribution in [2.24, 2.45) is 0 Å². The van der Waals surface area contributed by atoms with Crippen LogP contribution in [0.5, 0.6) is 11.5 Å². The standard InChI is InChI=1S/C31H25ClN4O5S/c1-31(27-10-7-20(32)13-34-27)40-26-4-2-3-23(29(26)41-31)19-5-8-21(39-16-19)12-28-35-24-9-6-18(30(37)38)11-25(24)36(28)15-22-14-33-17-42-22/h2-7,9-11,13-14,17,21H,8,12,15-16H2,1H3,(H,37,38)/t21-,31+/m1/s1. The molecule has 1 N–H and O–H groups in total. The van der Waals surface area contributed by atoms with Crippen molar-refractivity contribution in [3.05, 3.63) is 105 Å². The SMILES string of the molecule is C[C@]1(c2ccc(Cl)cn2)Oc2cccc(C3=CC[C@H](Cc4nc5ccc(C(=O)O)cc5n4Cc4cncs4)OC3)c2O1. The largest absolute Gasteiger partial charge is 0.478 e. The van der Waals surface area contributed by atoms with E-state index in [1.165, 1.54) is 0 Å². The number of benzene rings is 2. The number of ether oxygens (including phenoxy) is 3. The number of nitrogens with zero attached hydrogens (tertiary/aromatic N) is 4. The summed E-state index contributed by atoms with van der Waals surface area (Å²) < 4.78 is 21.0. The lowest BCUT2D eigenvalue weighted by molar-refractivity contribution is -0.0719. The van der Waals surface area contributed by atoms with Crippen LogP contribution >= 0.6 is 22.9 Å². The van der Waals surface area contributed by atoms with E-state index in [1.807, 2.05) is 31.3 Å². The molecule has 9 nitrogen and oxygen atoms in total. The van der Waals surface area contributed by atoms with Crippen molar-refractivity contribution < 1.29 is 24.1 Å². The molecule has 0 saturated heterocycles. The molecule has 2 aliphatic heterocycles. The van der Waals surface area contributed by atoms with E-state index in [1.54, 1.807) is 53.4 Å². The molecule has 0 saturated carbocycles. The van der Waals surface area contributed by atoms with E-state index in [2.05, 4.69) is 20.6 Å². The Morgan fingerprint density at radius 2 is 2.10 bits per heavy atom. The van der Waals surface area contributed by atoms with Crippen molar-refractivity contribution in [2.75, 3.05) is 6.61 Å². The molecule has 7 rings (SSSR count). The van der Waals surface area contributed by atoms with Gasteiger partial charge in [-0.25, -0.2) is 9.78 Å². The topological polar surface area (TPSA) is 109 Å². The molecule has 0 aliphatic carbocycles. The van der Waals surface area contributed by atoms with Crippen LogP contribution < -0.4 is 9.47 Å². The van der Waals surface area contributed by atoms with Gasteiger partial charge in [0.2, 0.25) is 0 Å². The second-order valence-electron chi connectivity index (χ2n) is 10.3. The van der Waals surface area contributed by atoms with E-state index in [4.69, 9.17) is 30.8 Å². The minimum absolute atomic E-state index is 0.0952. The smallest absolute Gasteiger partial charge is 0.335 e. The van der Waals surface area contributed by atoms with Crippen LogP contribution in [0.4, 0.5) is 0 Å². The average molecular weight is 601 g/mol. The van der Waals surface area contributed by atoms with Crippen molar-refractivity contribution in [1.29, 1.82) is 0 Å². The van der Waals surface area contributed by atoms with Crippen molar-refractivity contribution in [3.8, 4) is 11.5 Å². The molecule has 2 atom stereocenters. The number of carbonyl (C=O) groups is 1. The molecule has 2 aromatic carbocycles. The van der Waals surface area contributed by atoms with Gasteiger partial charge in [0.05, 0.1) is 46.4 Å². The Bertz CT molecular complexity index is 1840. The number of thiazole rings is 1. The van der Waals surface area contributed by atoms with Crippen LogP contribution in [0.2, 0.25) is 5.02 Å². The first-order valence-corrected chi connectivity index (χ1v) is 14.7. The summed E-state index contributed by atoms with van der Waals surface area (Å²) in [6.07, 6.45) is 6.75. The number of rotatable bonds is 7. The number of halogens is 1. The molecule has 0 radical (unpaired) electrons. The molecule has 11 heteroatoms. The summed E-state index contributed by atoms with van der Waals surface area (Å²) >= 11 is 7.58. The number of hydrogen-bond donors (Lipinski definition) is 1. The second kappa shape index (κ2) is 10.5. The summed E-state index contributed by atoms with van der Waals surface area (Å²) in [7, 11) is 0. The molecule has 0 amide bonds. The molecule has 0 fully saturated rings. The summed E-state index contributed by atoms with van der Waals surface area (Å²) in [5, 5.41) is 10.1. The van der Waals surface area contributed by atoms with Gasteiger partial charge in [-0.2, -0.15) is 0 Å². The van der Waals surface area contributed by atoms with Gasteiger partial charge in [-0.05, 0) is 48.4 Å². The Kier molecular flexibility index (Phi) is 6.69. The van der Waals surface area contributed by atoms with Crippen LogP contribution in [-0.4, -0.2) is 43.3 Å². The lowest BCUT2D eigenvalue weighted by atomic mass is 9.99. The van der Waals surface area contributed by atoms with E-state index in [9.17, 15) is 9.90 Å². The highest BCUT2D eigenvalue weighted by atomic mass is 35.5. The lowest BCUT2D eigenvalue weighted by Crippen LogP contribution is -2.32. The summed E-state index contributed by atoms with van der Waals surface area (Å²) in [6.45, 7) is 2.80. The molecule has 5 heterocycles. The lowest BCUT2D eigenvalue weighted by Gasteiger charge is -2.24. The average Bonchev–Trinajstić information content (AvgIpc) is 3.71. The molecule has 3 aromatic heterocycles. The number of hydrogen-bond acceptors (Lipinski definition) is 8. The van der Waals surface area contributed by atoms with Gasteiger partial charge in [0.1, 0.15) is 11.5 Å². The van der Waals surface area contributed by atoms with Gasteiger partial charge < -0.3 is 23.9 Å². The monoisotopic (exact) mass is 600 g/mol. The third kappa shape index (κ3) is 4.91. The van der Waals surface area contributed by atoms with Crippen LogP contribution in [0.15, 0.2) is 72.5 Å². The third-order valence-electron chi connectivity index (χ3n) is 7.50. The summed E-state index contributed by atoms with van der Waals surface area (Å²) in [5.74, 6) is 0.104. The van der Waals surface area contributed by atoms with Crippen LogP contribution in [0.1, 0.15) is 45.7 Å². The number of carboxylic acids is 1. The van der Waals surface area contributed by atoms with E-state index < -0.39 is 11.8 Å². The van der Waals surface area contributed by atoms with Gasteiger partial charge in [-0.15, -0.1) is 11.3 Å². The number of para-hydroxylation sites is 1. The van der Waals surface area contributed by atoms with E-state index >= 15 is 0 Å². The molecule has 0 spiro atoms. The van der Waals surface area contributed by atoms with Crippen LogP contribution in [0.25, 0.3) is 16.6 Å². The molecule has 5 aromatic rings. The number of aromatic carboxylic acids is 1. The highest BCUT2D eigenvalue weighted by Gasteiger charge is 2.41. The van der Waals surface area contributed by atoms with Crippen LogP contribution in [-0.2, 0) is 23.5 Å². The van der Waals surface area contributed by atoms with Crippen LogP contribution in [0, 0.1) is 0 Å². The summed E-state index contributed by atoms with van der Waals surface area (Å²) in [5.41, 5.74) is 6.11. The van der Waals surface area contributed by atoms with Crippen LogP contribution in [0.3, 0.4) is 0 Å². The highest BCUT2D eigenvalue weighted by Crippen LogP contribution is 2.48. The third-order valence-corrected chi connectivity index (χ3v) is 8.49. The first kappa shape index (κ1) is 26.6. The minimum atomic E-state index is -1.07. The summed E-state index contributed by atoms with van der Waals surface area (Å²) in [6, 6.07) is 14.4. The van der Waals surface area contributed by atoms with Gasteiger partial charge in [-0.1, -0.05) is 29.8 Å². The normalized spacial score (nSPS) is 19.7. The first-order valence-electron chi connectivity index (χ1n) is 13.4. The fourth-order valence-corrected chi connectivity index (χ4v) is 6.08. The van der Waals surface area contributed by atoms with E-state index in [0.717, 1.165) is 32.9 Å². The number of fused-ring (bicyclic) bond motifs is 2. The highest BCUT2D eigenvalue weighted by molar-refractivity contribution is 7.09. The Labute approximate surface area is 250 Å². The van der Waals surface area contributed by atoms with Gasteiger partial charge in [0, 0.05) is 36.2 Å². The molecule has 2 aliphatic rings. The Morgan fingerprint density at radius 1 is 1.19 bits per heavy atom. The molecule has 212 valence electrons. The molecule has 42 heavy (non-hydrogen) atoms. The predicted molar refractivity (Wildman–Crippen MR) is 158 cm³/mol. The molecular weight excluding hydrogens is 576 g/mol. The van der Waals surface area contributed by atoms with Crippen molar-refractivity contribution in [1.82, 2.24) is 19.5 Å². The minimum Gasteiger partial charge on any atom is -0.478 e. The number of imidazole rings is 1. The van der Waals surface area contributed by atoms with Gasteiger partial charge in [-0.3, -0.25) is 9.97 Å². The maximum absolute atomic E-state index is 11.6. The fraction of sp³-hybridized carbons (Fsp3) is 0.226. The zero-order chi connectivity index (χ0) is 28.8. The quantitative estimate of drug-likeness (QED) is 0.230. The second-order valence-corrected chi connectivity index (χ2v) is 11.7. The Hall–Kier alpha value is -4.25. The molecule has 0 unspecified atom stereocenters. The van der Waals surface area contributed by atoms with Gasteiger partial charge in [0.25, 0.3) is 5.79 Å². The number of pyridine rings is 1. The zero-order valence-corrected chi connectivity index (χ0v) is 24.1. The van der Waals surface area contributed by atoms with Crippen molar-refractivity contribution in [2.45, 2.75) is 38.2 Å².